The number of anilines is 1. The van der Waals surface area contributed by atoms with Gasteiger partial charge in [-0.3, -0.25) is 4.79 Å². The highest BCUT2D eigenvalue weighted by Gasteiger charge is 2.13. The summed E-state index contributed by atoms with van der Waals surface area (Å²) in [6.07, 6.45) is 0. The number of pyridine rings is 2. The maximum atomic E-state index is 13.0. The number of rotatable bonds is 2. The highest BCUT2D eigenvalue weighted by molar-refractivity contribution is 6.30. The zero-order chi connectivity index (χ0) is 14.8. The second-order valence-corrected chi connectivity index (χ2v) is 4.70. The van der Waals surface area contributed by atoms with E-state index in [9.17, 15) is 9.18 Å². The lowest BCUT2D eigenvalue weighted by molar-refractivity contribution is 0.102. The standard InChI is InChI=1S/C15H9ClFN3O/c16-12-8-10(9-4-1-2-5-11(9)18-12)15(21)20-14-7-3-6-13(17)19-14/h1-8H,(H,19,20,21). The van der Waals surface area contributed by atoms with Gasteiger partial charge in [0.1, 0.15) is 11.0 Å². The normalized spacial score (nSPS) is 10.6. The van der Waals surface area contributed by atoms with Gasteiger partial charge in [-0.05, 0) is 24.3 Å². The van der Waals surface area contributed by atoms with Gasteiger partial charge in [0.2, 0.25) is 5.95 Å². The smallest absolute Gasteiger partial charge is 0.257 e. The Hall–Kier alpha value is -2.53. The quantitative estimate of drug-likeness (QED) is 0.735. The third kappa shape index (κ3) is 2.83. The van der Waals surface area contributed by atoms with E-state index in [-0.39, 0.29) is 11.0 Å². The molecule has 0 radical (unpaired) electrons. The van der Waals surface area contributed by atoms with E-state index in [1.807, 2.05) is 6.07 Å². The number of carbonyl (C=O) groups is 1. The molecule has 0 saturated carbocycles. The van der Waals surface area contributed by atoms with Gasteiger partial charge in [0, 0.05) is 5.39 Å². The van der Waals surface area contributed by atoms with Crippen LogP contribution in [0.25, 0.3) is 10.9 Å². The fourth-order valence-electron chi connectivity index (χ4n) is 1.99. The van der Waals surface area contributed by atoms with Crippen LogP contribution < -0.4 is 5.32 Å². The van der Waals surface area contributed by atoms with Gasteiger partial charge in [-0.15, -0.1) is 0 Å². The van der Waals surface area contributed by atoms with Gasteiger partial charge in [0.15, 0.2) is 0 Å². The minimum absolute atomic E-state index is 0.136. The second kappa shape index (κ2) is 5.46. The number of hydrogen-bond acceptors (Lipinski definition) is 3. The lowest BCUT2D eigenvalue weighted by Gasteiger charge is -2.08. The number of nitrogens with zero attached hydrogens (tertiary/aromatic N) is 2. The van der Waals surface area contributed by atoms with Crippen molar-refractivity contribution in [3.8, 4) is 0 Å². The lowest BCUT2D eigenvalue weighted by atomic mass is 10.1. The van der Waals surface area contributed by atoms with E-state index in [1.54, 1.807) is 18.2 Å². The van der Waals surface area contributed by atoms with E-state index in [0.717, 1.165) is 0 Å². The molecule has 6 heteroatoms. The Balaban J connectivity index is 2.02. The van der Waals surface area contributed by atoms with E-state index in [4.69, 9.17) is 11.6 Å². The van der Waals surface area contributed by atoms with Crippen molar-refractivity contribution in [1.29, 1.82) is 0 Å². The Bertz CT molecular complexity index is 838. The summed E-state index contributed by atoms with van der Waals surface area (Å²) in [6.45, 7) is 0. The number of hydrogen-bond donors (Lipinski definition) is 1. The first-order chi connectivity index (χ1) is 10.1. The molecule has 1 amide bonds. The molecule has 2 heterocycles. The summed E-state index contributed by atoms with van der Waals surface area (Å²) in [5, 5.41) is 3.42. The Morgan fingerprint density at radius 3 is 2.71 bits per heavy atom. The molecule has 0 aliphatic heterocycles. The molecule has 0 atom stereocenters. The number of aromatic nitrogens is 2. The van der Waals surface area contributed by atoms with E-state index in [2.05, 4.69) is 15.3 Å². The van der Waals surface area contributed by atoms with E-state index in [0.29, 0.717) is 16.5 Å². The number of fused-ring (bicyclic) bond motifs is 1. The van der Waals surface area contributed by atoms with Gasteiger partial charge >= 0.3 is 0 Å². The predicted molar refractivity (Wildman–Crippen MR) is 78.9 cm³/mol. The maximum Gasteiger partial charge on any atom is 0.257 e. The van der Waals surface area contributed by atoms with Crippen molar-refractivity contribution < 1.29 is 9.18 Å². The molecule has 0 spiro atoms. The molecule has 4 nitrogen and oxygen atoms in total. The van der Waals surface area contributed by atoms with Crippen molar-refractivity contribution in [2.24, 2.45) is 0 Å². The number of benzene rings is 1. The van der Waals surface area contributed by atoms with Gasteiger partial charge in [-0.1, -0.05) is 35.9 Å². The number of carbonyl (C=O) groups excluding carboxylic acids is 1. The molecule has 0 bridgehead atoms. The zero-order valence-corrected chi connectivity index (χ0v) is 11.4. The van der Waals surface area contributed by atoms with Crippen molar-refractivity contribution in [3.05, 3.63) is 65.2 Å². The Labute approximate surface area is 124 Å². The van der Waals surface area contributed by atoms with E-state index < -0.39 is 11.9 Å². The molecule has 1 aromatic carbocycles. The molecule has 3 aromatic rings. The largest absolute Gasteiger partial charge is 0.306 e. The van der Waals surface area contributed by atoms with Crippen LogP contribution in [0.4, 0.5) is 10.2 Å². The van der Waals surface area contributed by atoms with Crippen molar-refractivity contribution in [2.45, 2.75) is 0 Å². The van der Waals surface area contributed by atoms with Crippen molar-refractivity contribution in [1.82, 2.24) is 9.97 Å². The first-order valence-electron chi connectivity index (χ1n) is 6.13. The van der Waals surface area contributed by atoms with Crippen LogP contribution >= 0.6 is 11.6 Å². The molecular formula is C15H9ClFN3O. The van der Waals surface area contributed by atoms with Crippen molar-refractivity contribution in [3.63, 3.8) is 0 Å². The molecule has 21 heavy (non-hydrogen) atoms. The summed E-state index contributed by atoms with van der Waals surface area (Å²) in [7, 11) is 0. The summed E-state index contributed by atoms with van der Waals surface area (Å²) >= 11 is 5.93. The first kappa shape index (κ1) is 13.5. The Morgan fingerprint density at radius 1 is 1.10 bits per heavy atom. The topological polar surface area (TPSA) is 54.9 Å². The monoisotopic (exact) mass is 301 g/mol. The molecule has 0 saturated heterocycles. The maximum absolute atomic E-state index is 13.0. The summed E-state index contributed by atoms with van der Waals surface area (Å²) in [5.41, 5.74) is 0.971. The predicted octanol–water partition coefficient (Wildman–Crippen LogP) is 3.67. The third-order valence-electron chi connectivity index (χ3n) is 2.89. The molecular weight excluding hydrogens is 293 g/mol. The van der Waals surface area contributed by atoms with Gasteiger partial charge in [-0.2, -0.15) is 4.39 Å². The highest BCUT2D eigenvalue weighted by Crippen LogP contribution is 2.21. The van der Waals surface area contributed by atoms with Gasteiger partial charge < -0.3 is 5.32 Å². The van der Waals surface area contributed by atoms with Crippen LogP contribution in [0.1, 0.15) is 10.4 Å². The van der Waals surface area contributed by atoms with Crippen molar-refractivity contribution >= 4 is 34.2 Å². The van der Waals surface area contributed by atoms with E-state index >= 15 is 0 Å². The van der Waals surface area contributed by atoms with Crippen LogP contribution in [0.3, 0.4) is 0 Å². The van der Waals surface area contributed by atoms with Crippen LogP contribution in [0.5, 0.6) is 0 Å². The summed E-state index contributed by atoms with van der Waals surface area (Å²) < 4.78 is 13.0. The fourth-order valence-corrected chi connectivity index (χ4v) is 2.19. The minimum Gasteiger partial charge on any atom is -0.306 e. The van der Waals surface area contributed by atoms with Crippen LogP contribution in [-0.2, 0) is 0 Å². The number of para-hydroxylation sites is 1. The summed E-state index contributed by atoms with van der Waals surface area (Å²) in [5.74, 6) is -0.948. The molecule has 0 fully saturated rings. The van der Waals surface area contributed by atoms with Crippen molar-refractivity contribution in [2.75, 3.05) is 5.32 Å². The van der Waals surface area contributed by atoms with Crippen LogP contribution in [0.2, 0.25) is 5.15 Å². The van der Waals surface area contributed by atoms with Gasteiger partial charge in [0.05, 0.1) is 11.1 Å². The number of halogens is 2. The number of amides is 1. The fraction of sp³-hybridized carbons (Fsp3) is 0. The highest BCUT2D eigenvalue weighted by atomic mass is 35.5. The van der Waals surface area contributed by atoms with Gasteiger partial charge in [-0.25, -0.2) is 9.97 Å². The first-order valence-corrected chi connectivity index (χ1v) is 6.50. The summed E-state index contributed by atoms with van der Waals surface area (Å²) in [4.78, 5) is 20.1. The zero-order valence-electron chi connectivity index (χ0n) is 10.7. The average Bonchev–Trinajstić information content (AvgIpc) is 2.46. The molecule has 0 aliphatic carbocycles. The van der Waals surface area contributed by atoms with Crippen LogP contribution in [-0.4, -0.2) is 15.9 Å². The Morgan fingerprint density at radius 2 is 1.90 bits per heavy atom. The second-order valence-electron chi connectivity index (χ2n) is 4.31. The van der Waals surface area contributed by atoms with Crippen LogP contribution in [0, 0.1) is 5.95 Å². The number of nitrogens with one attached hydrogen (secondary N) is 1. The SMILES string of the molecule is O=C(Nc1cccc(F)n1)c1cc(Cl)nc2ccccc12. The lowest BCUT2D eigenvalue weighted by Crippen LogP contribution is -2.14. The minimum atomic E-state index is -0.662. The average molecular weight is 302 g/mol. The summed E-state index contributed by atoms with van der Waals surface area (Å²) in [6, 6.07) is 12.8. The molecule has 1 N–H and O–H groups in total. The molecule has 0 aliphatic rings. The van der Waals surface area contributed by atoms with E-state index in [1.165, 1.54) is 24.3 Å². The van der Waals surface area contributed by atoms with Gasteiger partial charge in [0.25, 0.3) is 5.91 Å². The molecule has 2 aromatic heterocycles. The Kier molecular flexibility index (Phi) is 3.50. The van der Waals surface area contributed by atoms with Crippen LogP contribution in [0.15, 0.2) is 48.5 Å². The molecule has 3 rings (SSSR count). The molecule has 0 unspecified atom stereocenters. The third-order valence-corrected chi connectivity index (χ3v) is 3.08. The molecule has 104 valence electrons.